The monoisotopic (exact) mass is 439 g/mol. The highest BCUT2D eigenvalue weighted by Gasteiger charge is 2.26. The van der Waals surface area contributed by atoms with Crippen LogP contribution in [0.2, 0.25) is 0 Å². The molecule has 0 spiro atoms. The van der Waals surface area contributed by atoms with Gasteiger partial charge >= 0.3 is 11.9 Å². The van der Waals surface area contributed by atoms with Crippen LogP contribution in [0.5, 0.6) is 0 Å². The first-order valence-corrected chi connectivity index (χ1v) is 10.7. The molecular formula is C25H33N3O4. The number of nitrogens with zero attached hydrogens (tertiary/aromatic N) is 2. The van der Waals surface area contributed by atoms with Gasteiger partial charge in [0.05, 0.1) is 6.33 Å². The zero-order valence-corrected chi connectivity index (χ0v) is 19.4. The van der Waals surface area contributed by atoms with Crippen molar-refractivity contribution in [1.82, 2.24) is 14.9 Å². The molecule has 2 aromatic rings. The van der Waals surface area contributed by atoms with Crippen molar-refractivity contribution in [3.05, 3.63) is 66.8 Å². The number of esters is 2. The molecule has 0 radical (unpaired) electrons. The lowest BCUT2D eigenvalue weighted by Gasteiger charge is -2.26. The number of imidazole rings is 1. The largest absolute Gasteiger partial charge is 0.459 e. The minimum absolute atomic E-state index is 0.0596. The summed E-state index contributed by atoms with van der Waals surface area (Å²) >= 11 is 0. The van der Waals surface area contributed by atoms with E-state index in [1.54, 1.807) is 24.7 Å². The Morgan fingerprint density at radius 3 is 2.47 bits per heavy atom. The van der Waals surface area contributed by atoms with E-state index >= 15 is 0 Å². The van der Waals surface area contributed by atoms with Crippen LogP contribution in [0, 0.1) is 5.92 Å². The normalized spacial score (nSPS) is 13.1. The zero-order valence-electron chi connectivity index (χ0n) is 19.4. The summed E-state index contributed by atoms with van der Waals surface area (Å²) in [6.07, 6.45) is 12.0. The maximum absolute atomic E-state index is 12.3. The fourth-order valence-corrected chi connectivity index (χ4v) is 2.84. The number of rotatable bonds is 10. The van der Waals surface area contributed by atoms with Gasteiger partial charge in [-0.1, -0.05) is 38.1 Å². The van der Waals surface area contributed by atoms with E-state index < -0.39 is 17.6 Å². The van der Waals surface area contributed by atoms with Gasteiger partial charge in [0.25, 0.3) is 0 Å². The fourth-order valence-electron chi connectivity index (χ4n) is 2.84. The lowest BCUT2D eigenvalue weighted by Crippen LogP contribution is -2.44. The smallest absolute Gasteiger partial charge is 0.330 e. The number of hydrogen-bond donors (Lipinski definition) is 1. The molecule has 1 heterocycles. The van der Waals surface area contributed by atoms with Crippen LogP contribution < -0.4 is 5.32 Å². The molecule has 0 amide bonds. The highest BCUT2D eigenvalue weighted by atomic mass is 16.6. The van der Waals surface area contributed by atoms with Crippen molar-refractivity contribution < 1.29 is 19.1 Å². The average Bonchev–Trinajstić information content (AvgIpc) is 3.24. The number of carbonyl (C=O) groups is 2. The molecular weight excluding hydrogens is 406 g/mol. The molecule has 7 nitrogen and oxygen atoms in total. The Hall–Kier alpha value is -3.19. The van der Waals surface area contributed by atoms with Gasteiger partial charge in [0.2, 0.25) is 0 Å². The minimum atomic E-state index is -0.541. The van der Waals surface area contributed by atoms with E-state index in [9.17, 15) is 9.59 Å². The van der Waals surface area contributed by atoms with Gasteiger partial charge in [0, 0.05) is 30.7 Å². The maximum atomic E-state index is 12.3. The quantitative estimate of drug-likeness (QED) is 0.446. The number of carbonyl (C=O) groups excluding carboxylic acids is 2. The van der Waals surface area contributed by atoms with Crippen molar-refractivity contribution >= 4 is 18.0 Å². The molecule has 172 valence electrons. The van der Waals surface area contributed by atoms with E-state index in [-0.39, 0.29) is 18.5 Å². The summed E-state index contributed by atoms with van der Waals surface area (Å²) in [5.74, 6) is -0.679. The molecule has 7 heteroatoms. The van der Waals surface area contributed by atoms with Gasteiger partial charge in [-0.05, 0) is 50.5 Å². The second-order valence-electron chi connectivity index (χ2n) is 8.66. The topological polar surface area (TPSA) is 82.5 Å². The van der Waals surface area contributed by atoms with Gasteiger partial charge in [-0.15, -0.1) is 0 Å². The molecule has 0 aliphatic carbocycles. The molecule has 1 aromatic heterocycles. The Balaban J connectivity index is 1.72. The second-order valence-corrected chi connectivity index (χ2v) is 8.66. The standard InChI is InChI=1S/C25H33N3O4/c1-19(2)23(24(30)32-25(3,4)5)27-14-6-9-22(29)31-17-7-8-20-10-12-21(13-11-20)28-16-15-26-18-28/h6-13,15-16,18-19,23,27H,14,17H2,1-5H3/t23-/m1/s1. The number of nitrogens with one attached hydrogen (secondary N) is 1. The van der Waals surface area contributed by atoms with Crippen LogP contribution in [0.15, 0.2) is 61.2 Å². The zero-order chi connectivity index (χ0) is 23.6. The molecule has 0 aliphatic heterocycles. The van der Waals surface area contributed by atoms with Gasteiger partial charge < -0.3 is 19.4 Å². The van der Waals surface area contributed by atoms with Crippen LogP contribution in [-0.4, -0.2) is 46.3 Å². The van der Waals surface area contributed by atoms with Crippen molar-refractivity contribution in [2.24, 2.45) is 5.92 Å². The molecule has 0 saturated heterocycles. The third kappa shape index (κ3) is 8.89. The Kier molecular flexibility index (Phi) is 9.40. The van der Waals surface area contributed by atoms with Crippen molar-refractivity contribution in [1.29, 1.82) is 0 Å². The summed E-state index contributed by atoms with van der Waals surface area (Å²) in [6, 6.07) is 7.50. The Labute approximate surface area is 190 Å². The number of ether oxygens (including phenoxy) is 2. The van der Waals surface area contributed by atoms with Crippen LogP contribution >= 0.6 is 0 Å². The van der Waals surface area contributed by atoms with Gasteiger partial charge in [-0.2, -0.15) is 0 Å². The van der Waals surface area contributed by atoms with Gasteiger partial charge in [-0.25, -0.2) is 9.78 Å². The second kappa shape index (κ2) is 12.0. The maximum Gasteiger partial charge on any atom is 0.330 e. The van der Waals surface area contributed by atoms with Crippen molar-refractivity contribution in [3.63, 3.8) is 0 Å². The molecule has 2 rings (SSSR count). The molecule has 0 saturated carbocycles. The average molecular weight is 440 g/mol. The minimum Gasteiger partial charge on any atom is -0.459 e. The molecule has 1 N–H and O–H groups in total. The van der Waals surface area contributed by atoms with Gasteiger partial charge in [-0.3, -0.25) is 4.79 Å². The first kappa shape index (κ1) is 25.1. The lowest BCUT2D eigenvalue weighted by molar-refractivity contribution is -0.158. The summed E-state index contributed by atoms with van der Waals surface area (Å²) in [7, 11) is 0. The summed E-state index contributed by atoms with van der Waals surface area (Å²) in [5, 5.41) is 3.11. The molecule has 1 atom stereocenters. The van der Waals surface area contributed by atoms with E-state index in [1.807, 2.05) is 75.7 Å². The number of hydrogen-bond acceptors (Lipinski definition) is 6. The summed E-state index contributed by atoms with van der Waals surface area (Å²) in [5.41, 5.74) is 1.49. The third-order valence-electron chi connectivity index (χ3n) is 4.36. The number of benzene rings is 1. The van der Waals surface area contributed by atoms with Crippen LogP contribution in [0.3, 0.4) is 0 Å². The highest BCUT2D eigenvalue weighted by molar-refractivity contribution is 5.82. The van der Waals surface area contributed by atoms with Crippen molar-refractivity contribution in [2.45, 2.75) is 46.3 Å². The predicted octanol–water partition coefficient (Wildman–Crippen LogP) is 3.94. The van der Waals surface area contributed by atoms with E-state index in [4.69, 9.17) is 9.47 Å². The van der Waals surface area contributed by atoms with E-state index in [1.165, 1.54) is 6.08 Å². The van der Waals surface area contributed by atoms with Crippen LogP contribution in [-0.2, 0) is 19.1 Å². The molecule has 0 fully saturated rings. The van der Waals surface area contributed by atoms with Crippen molar-refractivity contribution in [2.75, 3.05) is 13.2 Å². The molecule has 1 aromatic carbocycles. The van der Waals surface area contributed by atoms with Gasteiger partial charge in [0.1, 0.15) is 18.2 Å². The van der Waals surface area contributed by atoms with Crippen LogP contribution in [0.25, 0.3) is 11.8 Å². The molecule has 32 heavy (non-hydrogen) atoms. The van der Waals surface area contributed by atoms with Crippen LogP contribution in [0.4, 0.5) is 0 Å². The Morgan fingerprint density at radius 2 is 1.88 bits per heavy atom. The van der Waals surface area contributed by atoms with Gasteiger partial charge in [0.15, 0.2) is 0 Å². The third-order valence-corrected chi connectivity index (χ3v) is 4.36. The van der Waals surface area contributed by atoms with Crippen LogP contribution in [0.1, 0.15) is 40.2 Å². The highest BCUT2D eigenvalue weighted by Crippen LogP contribution is 2.12. The molecule has 0 aliphatic rings. The number of aromatic nitrogens is 2. The van der Waals surface area contributed by atoms with E-state index in [0.717, 1.165) is 11.3 Å². The van der Waals surface area contributed by atoms with E-state index in [0.29, 0.717) is 6.54 Å². The van der Waals surface area contributed by atoms with Crippen molar-refractivity contribution in [3.8, 4) is 5.69 Å². The van der Waals surface area contributed by atoms with E-state index in [2.05, 4.69) is 10.3 Å². The molecule has 0 unspecified atom stereocenters. The SMILES string of the molecule is CC(C)[C@@H](NCC=CC(=O)OCC=Cc1ccc(-n2ccnc2)cc1)C(=O)OC(C)(C)C. The summed E-state index contributed by atoms with van der Waals surface area (Å²) < 4.78 is 12.5. The summed E-state index contributed by atoms with van der Waals surface area (Å²) in [6.45, 7) is 9.92. The predicted molar refractivity (Wildman–Crippen MR) is 125 cm³/mol. The fraction of sp³-hybridized carbons (Fsp3) is 0.400. The Morgan fingerprint density at radius 1 is 1.16 bits per heavy atom. The lowest BCUT2D eigenvalue weighted by atomic mass is 10.0. The summed E-state index contributed by atoms with van der Waals surface area (Å²) in [4.78, 5) is 28.2. The Bertz CT molecular complexity index is 908. The first-order chi connectivity index (χ1) is 15.2. The first-order valence-electron chi connectivity index (χ1n) is 10.7. The molecule has 0 bridgehead atoms.